The molecule has 2 saturated heterocycles. The van der Waals surface area contributed by atoms with Gasteiger partial charge in [-0.1, -0.05) is 18.2 Å². The van der Waals surface area contributed by atoms with Gasteiger partial charge in [0.15, 0.2) is 0 Å². The number of fused-ring (bicyclic) bond motifs is 1. The summed E-state index contributed by atoms with van der Waals surface area (Å²) < 4.78 is 55.6. The number of piperidine rings is 1. The van der Waals surface area contributed by atoms with Gasteiger partial charge in [-0.3, -0.25) is 14.5 Å². The van der Waals surface area contributed by atoms with Crippen LogP contribution in [0.4, 0.5) is 13.2 Å². The van der Waals surface area contributed by atoms with Crippen LogP contribution in [-0.2, 0) is 11.3 Å². The SMILES string of the molecule is COc1cc(C)[nH]c(=O)c1CNC(=O)c1c(C)n(C(C)C2CCN(C3COC3)CC2C(F)(F)F)c2ccccc12. The first-order chi connectivity index (χ1) is 19.0. The van der Waals surface area contributed by atoms with Crippen molar-refractivity contribution in [3.63, 3.8) is 0 Å². The monoisotopic (exact) mass is 560 g/mol. The van der Waals surface area contributed by atoms with E-state index in [4.69, 9.17) is 9.47 Å². The number of nitrogens with one attached hydrogen (secondary N) is 2. The van der Waals surface area contributed by atoms with E-state index in [-0.39, 0.29) is 30.3 Å². The van der Waals surface area contributed by atoms with E-state index in [9.17, 15) is 22.8 Å². The Balaban J connectivity index is 1.46. The summed E-state index contributed by atoms with van der Waals surface area (Å²) in [5, 5.41) is 3.48. The molecule has 3 atom stereocenters. The molecular formula is C29H35F3N4O4. The molecule has 40 heavy (non-hydrogen) atoms. The quantitative estimate of drug-likeness (QED) is 0.449. The van der Waals surface area contributed by atoms with Crippen molar-refractivity contribution < 1.29 is 27.4 Å². The molecule has 11 heteroatoms. The van der Waals surface area contributed by atoms with Gasteiger partial charge in [-0.25, -0.2) is 0 Å². The second kappa shape index (κ2) is 10.9. The Kier molecular flexibility index (Phi) is 7.71. The van der Waals surface area contributed by atoms with Gasteiger partial charge in [0.05, 0.1) is 50.0 Å². The summed E-state index contributed by atoms with van der Waals surface area (Å²) in [5.41, 5.74) is 2.24. The van der Waals surface area contributed by atoms with Gasteiger partial charge in [0.2, 0.25) is 0 Å². The second-order valence-corrected chi connectivity index (χ2v) is 10.9. The van der Waals surface area contributed by atoms with Crippen molar-refractivity contribution in [1.29, 1.82) is 0 Å². The molecule has 1 amide bonds. The summed E-state index contributed by atoms with van der Waals surface area (Å²) in [4.78, 5) is 30.7. The van der Waals surface area contributed by atoms with Crippen LogP contribution in [0.15, 0.2) is 35.1 Å². The number of nitrogens with zero attached hydrogens (tertiary/aromatic N) is 2. The summed E-state index contributed by atoms with van der Waals surface area (Å²) in [6.07, 6.45) is -3.95. The molecule has 2 aliphatic rings. The van der Waals surface area contributed by atoms with Crippen LogP contribution in [-0.4, -0.2) is 66.0 Å². The summed E-state index contributed by atoms with van der Waals surface area (Å²) >= 11 is 0. The molecule has 2 aromatic heterocycles. The van der Waals surface area contributed by atoms with E-state index >= 15 is 0 Å². The zero-order chi connectivity index (χ0) is 28.8. The molecule has 0 aliphatic carbocycles. The lowest BCUT2D eigenvalue weighted by Gasteiger charge is -2.47. The zero-order valence-electron chi connectivity index (χ0n) is 23.1. The largest absolute Gasteiger partial charge is 0.496 e. The highest BCUT2D eigenvalue weighted by molar-refractivity contribution is 6.08. The number of benzene rings is 1. The normalized spacial score (nSPS) is 21.3. The van der Waals surface area contributed by atoms with Crippen molar-refractivity contribution in [3.05, 3.63) is 63.2 Å². The van der Waals surface area contributed by atoms with Crippen LogP contribution in [0.5, 0.6) is 5.75 Å². The number of likely N-dealkylation sites (tertiary alicyclic amines) is 1. The van der Waals surface area contributed by atoms with Gasteiger partial charge in [-0.05, 0) is 51.8 Å². The third-order valence-electron chi connectivity index (χ3n) is 8.54. The minimum atomic E-state index is -4.35. The van der Waals surface area contributed by atoms with E-state index in [2.05, 4.69) is 10.3 Å². The molecule has 1 aromatic carbocycles. The fourth-order valence-electron chi connectivity index (χ4n) is 6.37. The number of hydrogen-bond acceptors (Lipinski definition) is 5. The van der Waals surface area contributed by atoms with E-state index < -0.39 is 30.0 Å². The highest BCUT2D eigenvalue weighted by atomic mass is 19.4. The number of pyridine rings is 1. The highest BCUT2D eigenvalue weighted by Crippen LogP contribution is 2.45. The van der Waals surface area contributed by atoms with Crippen molar-refractivity contribution in [2.45, 2.75) is 52.0 Å². The van der Waals surface area contributed by atoms with Gasteiger partial charge in [-0.2, -0.15) is 13.2 Å². The van der Waals surface area contributed by atoms with Crippen LogP contribution in [0.1, 0.15) is 46.7 Å². The number of hydrogen-bond donors (Lipinski definition) is 2. The van der Waals surface area contributed by atoms with Crippen molar-refractivity contribution >= 4 is 16.8 Å². The van der Waals surface area contributed by atoms with Gasteiger partial charge < -0.3 is 24.3 Å². The smallest absolute Gasteiger partial charge is 0.393 e. The molecule has 0 spiro atoms. The Morgan fingerprint density at radius 2 is 1.98 bits per heavy atom. The molecule has 5 rings (SSSR count). The topological polar surface area (TPSA) is 88.6 Å². The van der Waals surface area contributed by atoms with Crippen molar-refractivity contribution in [2.75, 3.05) is 33.4 Å². The van der Waals surface area contributed by atoms with Gasteiger partial charge in [0.1, 0.15) is 5.75 Å². The zero-order valence-corrected chi connectivity index (χ0v) is 23.1. The number of methoxy groups -OCH3 is 1. The molecular weight excluding hydrogens is 525 g/mol. The number of carbonyl (C=O) groups excluding carboxylic acids is 1. The van der Waals surface area contributed by atoms with Crippen molar-refractivity contribution in [3.8, 4) is 5.75 Å². The van der Waals surface area contributed by atoms with E-state index in [0.29, 0.717) is 59.8 Å². The number of H-pyrrole nitrogens is 1. The number of halogens is 3. The Morgan fingerprint density at radius 3 is 2.62 bits per heavy atom. The highest BCUT2D eigenvalue weighted by Gasteiger charge is 2.50. The van der Waals surface area contributed by atoms with E-state index in [1.807, 2.05) is 28.5 Å². The molecule has 4 heterocycles. The third kappa shape index (κ3) is 5.12. The van der Waals surface area contributed by atoms with Crippen LogP contribution in [0.25, 0.3) is 10.9 Å². The molecule has 0 saturated carbocycles. The number of rotatable bonds is 7. The predicted octanol–water partition coefficient (Wildman–Crippen LogP) is 4.35. The van der Waals surface area contributed by atoms with Crippen LogP contribution in [0.2, 0.25) is 0 Å². The molecule has 3 unspecified atom stereocenters. The van der Waals surface area contributed by atoms with E-state index in [1.165, 1.54) is 7.11 Å². The summed E-state index contributed by atoms with van der Waals surface area (Å²) in [7, 11) is 1.46. The lowest BCUT2D eigenvalue weighted by molar-refractivity contribution is -0.214. The summed E-state index contributed by atoms with van der Waals surface area (Å²) in [5.74, 6) is -2.19. The maximum atomic E-state index is 14.4. The second-order valence-electron chi connectivity index (χ2n) is 10.9. The number of aromatic nitrogens is 2. The summed E-state index contributed by atoms with van der Waals surface area (Å²) in [6.45, 7) is 6.75. The average molecular weight is 561 g/mol. The third-order valence-corrected chi connectivity index (χ3v) is 8.54. The number of aryl methyl sites for hydroxylation is 1. The number of aromatic amines is 1. The maximum Gasteiger partial charge on any atom is 0.393 e. The first kappa shape index (κ1) is 28.2. The predicted molar refractivity (Wildman–Crippen MR) is 145 cm³/mol. The Labute approximate surface area is 230 Å². The molecule has 2 N–H and O–H groups in total. The Bertz CT molecular complexity index is 1460. The molecule has 0 radical (unpaired) electrons. The number of carbonyl (C=O) groups is 1. The minimum Gasteiger partial charge on any atom is -0.496 e. The fourth-order valence-corrected chi connectivity index (χ4v) is 6.37. The minimum absolute atomic E-state index is 0.0462. The number of amides is 1. The van der Waals surface area contributed by atoms with E-state index in [1.54, 1.807) is 32.0 Å². The molecule has 2 aliphatic heterocycles. The van der Waals surface area contributed by atoms with Crippen LogP contribution >= 0.6 is 0 Å². The van der Waals surface area contributed by atoms with Gasteiger partial charge in [0, 0.05) is 34.9 Å². The van der Waals surface area contributed by atoms with Crippen LogP contribution < -0.4 is 15.6 Å². The van der Waals surface area contributed by atoms with E-state index in [0.717, 1.165) is 0 Å². The molecule has 8 nitrogen and oxygen atoms in total. The molecule has 0 bridgehead atoms. The number of para-hydroxylation sites is 1. The maximum absolute atomic E-state index is 14.4. The molecule has 3 aromatic rings. The fraction of sp³-hybridized carbons (Fsp3) is 0.517. The van der Waals surface area contributed by atoms with Crippen LogP contribution in [0, 0.1) is 25.7 Å². The van der Waals surface area contributed by atoms with Crippen molar-refractivity contribution in [2.24, 2.45) is 11.8 Å². The lowest BCUT2D eigenvalue weighted by atomic mass is 9.79. The Hall–Kier alpha value is -3.31. The lowest BCUT2D eigenvalue weighted by Crippen LogP contribution is -2.57. The van der Waals surface area contributed by atoms with Gasteiger partial charge >= 0.3 is 6.18 Å². The standard InChI is InChI=1S/C29H35F3N4O4/c1-16-11-25(39-4)22(27(37)34-16)12-33-28(38)26-18(3)36(24-8-6-5-7-21(24)26)17(2)20-9-10-35(19-14-40-15-19)13-23(20)29(30,31)32/h5-8,11,17,19-20,23H,9-10,12-15H2,1-4H3,(H,33,38)(H,34,37). The molecule has 216 valence electrons. The van der Waals surface area contributed by atoms with Crippen LogP contribution in [0.3, 0.4) is 0 Å². The van der Waals surface area contributed by atoms with Gasteiger partial charge in [-0.15, -0.1) is 0 Å². The first-order valence-electron chi connectivity index (χ1n) is 13.5. The average Bonchev–Trinajstić information content (AvgIpc) is 3.17. The first-order valence-corrected chi connectivity index (χ1v) is 13.5. The van der Waals surface area contributed by atoms with Crippen molar-refractivity contribution in [1.82, 2.24) is 19.8 Å². The number of alkyl halides is 3. The molecule has 2 fully saturated rings. The number of ether oxygens (including phenoxy) is 2. The summed E-state index contributed by atoms with van der Waals surface area (Å²) in [6, 6.07) is 8.50. The Morgan fingerprint density at radius 1 is 1.25 bits per heavy atom. The van der Waals surface area contributed by atoms with Gasteiger partial charge in [0.25, 0.3) is 11.5 Å².